The molecule has 0 aliphatic heterocycles. The molecule has 5 nitrogen and oxygen atoms in total. The predicted octanol–water partition coefficient (Wildman–Crippen LogP) is 2.41. The van der Waals surface area contributed by atoms with Crippen LogP contribution in [0.4, 0.5) is 10.1 Å². The van der Waals surface area contributed by atoms with Crippen LogP contribution in [-0.4, -0.2) is 37.0 Å². The average molecular weight is 283 g/mol. The normalized spacial score (nSPS) is 11.9. The van der Waals surface area contributed by atoms with E-state index in [1.165, 1.54) is 12.1 Å². The fourth-order valence-corrected chi connectivity index (χ4v) is 2.27. The number of nitrogens with one attached hydrogen (secondary N) is 1. The molecule has 1 aromatic carbocycles. The molecule has 1 aromatic rings. The summed E-state index contributed by atoms with van der Waals surface area (Å²) >= 11 is 0. The highest BCUT2D eigenvalue weighted by molar-refractivity contribution is 5.34. The van der Waals surface area contributed by atoms with Crippen LogP contribution in [-0.2, 0) is 6.54 Å². The first-order valence-corrected chi connectivity index (χ1v) is 6.49. The molecule has 0 radical (unpaired) electrons. The largest absolute Gasteiger partial charge is 0.312 e. The summed E-state index contributed by atoms with van der Waals surface area (Å²) in [5.41, 5.74) is 0.318. The van der Waals surface area contributed by atoms with Crippen LogP contribution >= 0.6 is 0 Å². The van der Waals surface area contributed by atoms with Crippen LogP contribution in [0.5, 0.6) is 0 Å². The first-order valence-electron chi connectivity index (χ1n) is 6.49. The number of nitro groups is 1. The molecule has 20 heavy (non-hydrogen) atoms. The Morgan fingerprint density at radius 1 is 1.40 bits per heavy atom. The van der Waals surface area contributed by atoms with Crippen LogP contribution in [0.2, 0.25) is 0 Å². The van der Waals surface area contributed by atoms with Gasteiger partial charge in [-0.15, -0.1) is 0 Å². The van der Waals surface area contributed by atoms with E-state index in [0.29, 0.717) is 12.1 Å². The standard InChI is InChI=1S/C14H22FN3O2/c1-14(2,10-17(3)4)9-16-8-11-5-6-13(18(19)20)12(15)7-11/h5-7,16H,8-10H2,1-4H3. The lowest BCUT2D eigenvalue weighted by molar-refractivity contribution is -0.387. The molecule has 0 bridgehead atoms. The Morgan fingerprint density at radius 3 is 2.55 bits per heavy atom. The lowest BCUT2D eigenvalue weighted by Crippen LogP contribution is -2.37. The molecule has 6 heteroatoms. The van der Waals surface area contributed by atoms with Gasteiger partial charge in [0, 0.05) is 25.7 Å². The molecule has 0 saturated carbocycles. The van der Waals surface area contributed by atoms with Crippen molar-refractivity contribution in [1.82, 2.24) is 10.2 Å². The zero-order valence-electron chi connectivity index (χ0n) is 12.4. The van der Waals surface area contributed by atoms with Crippen molar-refractivity contribution in [3.8, 4) is 0 Å². The summed E-state index contributed by atoms with van der Waals surface area (Å²) in [4.78, 5) is 11.9. The first-order chi connectivity index (χ1) is 9.21. The predicted molar refractivity (Wildman–Crippen MR) is 77.1 cm³/mol. The minimum absolute atomic E-state index is 0.100. The number of halogens is 1. The summed E-state index contributed by atoms with van der Waals surface area (Å²) in [5.74, 6) is -0.790. The fourth-order valence-electron chi connectivity index (χ4n) is 2.27. The quantitative estimate of drug-likeness (QED) is 0.616. The molecular formula is C14H22FN3O2. The van der Waals surface area contributed by atoms with E-state index in [1.54, 1.807) is 6.07 Å². The van der Waals surface area contributed by atoms with E-state index >= 15 is 0 Å². The number of hydrogen-bond donors (Lipinski definition) is 1. The Balaban J connectivity index is 2.54. The second kappa shape index (κ2) is 6.76. The smallest absolute Gasteiger partial charge is 0.304 e. The van der Waals surface area contributed by atoms with Gasteiger partial charge in [-0.05, 0) is 31.1 Å². The van der Waals surface area contributed by atoms with Gasteiger partial charge < -0.3 is 10.2 Å². The van der Waals surface area contributed by atoms with Crippen LogP contribution in [0.25, 0.3) is 0 Å². The van der Waals surface area contributed by atoms with E-state index in [-0.39, 0.29) is 5.41 Å². The molecule has 0 atom stereocenters. The Bertz CT molecular complexity index is 475. The average Bonchev–Trinajstić information content (AvgIpc) is 2.26. The molecule has 1 N–H and O–H groups in total. The van der Waals surface area contributed by atoms with Gasteiger partial charge in [-0.1, -0.05) is 19.9 Å². The number of nitro benzene ring substituents is 1. The second-order valence-corrected chi connectivity index (χ2v) is 6.05. The minimum atomic E-state index is -0.790. The zero-order valence-corrected chi connectivity index (χ0v) is 12.4. The van der Waals surface area contributed by atoms with Crippen LogP contribution < -0.4 is 5.32 Å². The van der Waals surface area contributed by atoms with Gasteiger partial charge in [-0.25, -0.2) is 0 Å². The van der Waals surface area contributed by atoms with Crippen molar-refractivity contribution in [2.45, 2.75) is 20.4 Å². The number of rotatable bonds is 7. The number of nitrogens with zero attached hydrogens (tertiary/aromatic N) is 2. The summed E-state index contributed by atoms with van der Waals surface area (Å²) < 4.78 is 13.5. The SMILES string of the molecule is CN(C)CC(C)(C)CNCc1ccc([N+](=O)[O-])c(F)c1. The van der Waals surface area contributed by atoms with Gasteiger partial charge in [0.25, 0.3) is 0 Å². The van der Waals surface area contributed by atoms with E-state index in [2.05, 4.69) is 24.1 Å². The maximum absolute atomic E-state index is 13.5. The van der Waals surface area contributed by atoms with E-state index in [0.717, 1.165) is 13.1 Å². The van der Waals surface area contributed by atoms with Crippen molar-refractivity contribution < 1.29 is 9.31 Å². The van der Waals surface area contributed by atoms with Gasteiger partial charge >= 0.3 is 5.69 Å². The molecule has 0 aliphatic carbocycles. The van der Waals surface area contributed by atoms with E-state index < -0.39 is 16.4 Å². The van der Waals surface area contributed by atoms with Gasteiger partial charge in [0.15, 0.2) is 0 Å². The third-order valence-corrected chi connectivity index (χ3v) is 2.89. The molecular weight excluding hydrogens is 261 g/mol. The Hall–Kier alpha value is -1.53. The molecule has 112 valence electrons. The van der Waals surface area contributed by atoms with E-state index in [4.69, 9.17) is 0 Å². The molecule has 0 aliphatic rings. The molecule has 1 rings (SSSR count). The highest BCUT2D eigenvalue weighted by Crippen LogP contribution is 2.18. The monoisotopic (exact) mass is 283 g/mol. The lowest BCUT2D eigenvalue weighted by Gasteiger charge is -2.28. The van der Waals surface area contributed by atoms with Crippen LogP contribution in [0.15, 0.2) is 18.2 Å². The Morgan fingerprint density at radius 2 is 2.05 bits per heavy atom. The summed E-state index contributed by atoms with van der Waals surface area (Å²) in [6.45, 7) is 6.51. The summed E-state index contributed by atoms with van der Waals surface area (Å²) in [5, 5.41) is 13.8. The second-order valence-electron chi connectivity index (χ2n) is 6.05. The third kappa shape index (κ3) is 5.22. The zero-order chi connectivity index (χ0) is 15.3. The minimum Gasteiger partial charge on any atom is -0.312 e. The Kier molecular flexibility index (Phi) is 5.59. The van der Waals surface area contributed by atoms with Crippen LogP contribution in [0.3, 0.4) is 0 Å². The van der Waals surface area contributed by atoms with Gasteiger partial charge in [-0.2, -0.15) is 4.39 Å². The van der Waals surface area contributed by atoms with E-state index in [1.807, 2.05) is 14.1 Å². The van der Waals surface area contributed by atoms with Gasteiger partial charge in [0.2, 0.25) is 5.82 Å². The molecule has 0 spiro atoms. The number of benzene rings is 1. The van der Waals surface area contributed by atoms with Gasteiger partial charge in [-0.3, -0.25) is 10.1 Å². The topological polar surface area (TPSA) is 58.4 Å². The highest BCUT2D eigenvalue weighted by Gasteiger charge is 2.18. The van der Waals surface area contributed by atoms with Crippen LogP contribution in [0.1, 0.15) is 19.4 Å². The summed E-state index contributed by atoms with van der Waals surface area (Å²) in [6.07, 6.45) is 0. The van der Waals surface area contributed by atoms with Crippen molar-refractivity contribution in [1.29, 1.82) is 0 Å². The molecule has 0 heterocycles. The molecule has 0 unspecified atom stereocenters. The maximum atomic E-state index is 13.5. The molecule has 0 amide bonds. The van der Waals surface area contributed by atoms with Gasteiger partial charge in [0.1, 0.15) is 0 Å². The number of hydrogen-bond acceptors (Lipinski definition) is 4. The lowest BCUT2D eigenvalue weighted by atomic mass is 9.93. The summed E-state index contributed by atoms with van der Waals surface area (Å²) in [6, 6.07) is 3.99. The fraction of sp³-hybridized carbons (Fsp3) is 0.571. The highest BCUT2D eigenvalue weighted by atomic mass is 19.1. The maximum Gasteiger partial charge on any atom is 0.304 e. The van der Waals surface area contributed by atoms with Crippen molar-refractivity contribution in [2.24, 2.45) is 5.41 Å². The van der Waals surface area contributed by atoms with Crippen molar-refractivity contribution in [3.05, 3.63) is 39.7 Å². The van der Waals surface area contributed by atoms with Crippen molar-refractivity contribution >= 4 is 5.69 Å². The Labute approximate surface area is 118 Å². The molecule has 0 saturated heterocycles. The molecule has 0 aromatic heterocycles. The van der Waals surface area contributed by atoms with E-state index in [9.17, 15) is 14.5 Å². The van der Waals surface area contributed by atoms with Crippen molar-refractivity contribution in [2.75, 3.05) is 27.2 Å². The summed E-state index contributed by atoms with van der Waals surface area (Å²) in [7, 11) is 4.04. The van der Waals surface area contributed by atoms with Crippen LogP contribution in [0, 0.1) is 21.3 Å². The van der Waals surface area contributed by atoms with Gasteiger partial charge in [0.05, 0.1) is 4.92 Å². The van der Waals surface area contributed by atoms with Crippen molar-refractivity contribution in [3.63, 3.8) is 0 Å². The first kappa shape index (κ1) is 16.5. The molecule has 0 fully saturated rings. The third-order valence-electron chi connectivity index (χ3n) is 2.89.